The highest BCUT2D eigenvalue weighted by molar-refractivity contribution is 6.32. The molecule has 1 aliphatic heterocycles. The molecule has 2 aromatic rings. The van der Waals surface area contributed by atoms with E-state index in [1.807, 2.05) is 6.07 Å². The van der Waals surface area contributed by atoms with E-state index < -0.39 is 0 Å². The molecule has 0 fully saturated rings. The van der Waals surface area contributed by atoms with Crippen molar-refractivity contribution in [3.63, 3.8) is 0 Å². The van der Waals surface area contributed by atoms with Crippen molar-refractivity contribution in [1.29, 1.82) is 0 Å². The number of H-pyrrole nitrogens is 1. The lowest BCUT2D eigenvalue weighted by Crippen LogP contribution is -2.22. The molecule has 3 rings (SSSR count). The summed E-state index contributed by atoms with van der Waals surface area (Å²) in [5, 5.41) is 5.56. The van der Waals surface area contributed by atoms with Crippen molar-refractivity contribution in [1.82, 2.24) is 10.3 Å². The average Bonchev–Trinajstić information content (AvgIpc) is 2.63. The second-order valence-corrected chi connectivity index (χ2v) is 4.51. The molecule has 0 radical (unpaired) electrons. The number of nitrogens with one attached hydrogen (secondary N) is 2. The van der Waals surface area contributed by atoms with Gasteiger partial charge in [-0.1, -0.05) is 17.7 Å². The maximum Gasteiger partial charge on any atom is 0.0504 e. The standard InChI is InChI=1S/C12H13ClN2.ClH/c1-7-10(13)3-2-8-9-6-14-5-4-11(9)15-12(7)8;/h2-3,14-15H,4-6H2,1H3;1H. The van der Waals surface area contributed by atoms with Gasteiger partial charge < -0.3 is 10.3 Å². The van der Waals surface area contributed by atoms with Gasteiger partial charge in [-0.2, -0.15) is 0 Å². The molecule has 1 aliphatic rings. The van der Waals surface area contributed by atoms with E-state index in [2.05, 4.69) is 23.3 Å². The zero-order valence-corrected chi connectivity index (χ0v) is 10.6. The molecule has 0 unspecified atom stereocenters. The second kappa shape index (κ2) is 4.28. The Morgan fingerprint density at radius 1 is 1.31 bits per heavy atom. The summed E-state index contributed by atoms with van der Waals surface area (Å²) in [5.74, 6) is 0. The quantitative estimate of drug-likeness (QED) is 0.745. The summed E-state index contributed by atoms with van der Waals surface area (Å²) < 4.78 is 0. The fraction of sp³-hybridized carbons (Fsp3) is 0.333. The highest BCUT2D eigenvalue weighted by Crippen LogP contribution is 2.30. The molecule has 1 aromatic heterocycles. The minimum Gasteiger partial charge on any atom is -0.358 e. The molecule has 0 saturated heterocycles. The Morgan fingerprint density at radius 2 is 2.12 bits per heavy atom. The van der Waals surface area contributed by atoms with Crippen LogP contribution in [0.15, 0.2) is 12.1 Å². The molecule has 0 bridgehead atoms. The molecule has 0 atom stereocenters. The average molecular weight is 257 g/mol. The van der Waals surface area contributed by atoms with E-state index in [1.165, 1.54) is 22.2 Å². The minimum absolute atomic E-state index is 0. The first-order chi connectivity index (χ1) is 7.27. The predicted octanol–water partition coefficient (Wildman–Crippen LogP) is 3.20. The van der Waals surface area contributed by atoms with Gasteiger partial charge in [-0.3, -0.25) is 0 Å². The van der Waals surface area contributed by atoms with Crippen LogP contribution in [-0.2, 0) is 13.0 Å². The van der Waals surface area contributed by atoms with Gasteiger partial charge in [0.1, 0.15) is 0 Å². The van der Waals surface area contributed by atoms with Crippen molar-refractivity contribution < 1.29 is 0 Å². The fourth-order valence-corrected chi connectivity index (χ4v) is 2.49. The lowest BCUT2D eigenvalue weighted by atomic mass is 10.0. The van der Waals surface area contributed by atoms with Gasteiger partial charge in [-0.15, -0.1) is 12.4 Å². The van der Waals surface area contributed by atoms with Crippen molar-refractivity contribution >= 4 is 34.9 Å². The summed E-state index contributed by atoms with van der Waals surface area (Å²) in [6.45, 7) is 4.10. The largest absolute Gasteiger partial charge is 0.358 e. The number of aromatic amines is 1. The van der Waals surface area contributed by atoms with Crippen LogP contribution in [0.4, 0.5) is 0 Å². The topological polar surface area (TPSA) is 27.8 Å². The number of hydrogen-bond donors (Lipinski definition) is 2. The zero-order chi connectivity index (χ0) is 10.4. The molecule has 0 saturated carbocycles. The minimum atomic E-state index is 0. The van der Waals surface area contributed by atoms with Crippen molar-refractivity contribution in [2.45, 2.75) is 19.9 Å². The van der Waals surface area contributed by atoms with Crippen LogP contribution in [0.5, 0.6) is 0 Å². The Labute approximate surface area is 106 Å². The van der Waals surface area contributed by atoms with Gasteiger partial charge in [-0.05, 0) is 24.1 Å². The number of aryl methyl sites for hydroxylation is 1. The van der Waals surface area contributed by atoms with Crippen LogP contribution in [0, 0.1) is 6.92 Å². The number of aromatic nitrogens is 1. The first-order valence-corrected chi connectivity index (χ1v) is 5.64. The Morgan fingerprint density at radius 3 is 2.94 bits per heavy atom. The molecule has 2 heterocycles. The summed E-state index contributed by atoms with van der Waals surface area (Å²) in [6, 6.07) is 4.11. The number of fused-ring (bicyclic) bond motifs is 3. The summed E-state index contributed by atoms with van der Waals surface area (Å²) >= 11 is 6.12. The van der Waals surface area contributed by atoms with Crippen molar-refractivity contribution in [3.05, 3.63) is 34.0 Å². The summed E-state index contributed by atoms with van der Waals surface area (Å²) in [5.41, 5.74) is 5.14. The van der Waals surface area contributed by atoms with E-state index in [4.69, 9.17) is 11.6 Å². The van der Waals surface area contributed by atoms with E-state index in [1.54, 1.807) is 0 Å². The molecule has 2 nitrogen and oxygen atoms in total. The maximum atomic E-state index is 6.12. The van der Waals surface area contributed by atoms with Crippen molar-refractivity contribution in [2.75, 3.05) is 6.54 Å². The maximum absolute atomic E-state index is 6.12. The van der Waals surface area contributed by atoms with Gasteiger partial charge in [0.05, 0.1) is 5.52 Å². The van der Waals surface area contributed by atoms with Crippen LogP contribution in [-0.4, -0.2) is 11.5 Å². The lowest BCUT2D eigenvalue weighted by Gasteiger charge is -2.12. The van der Waals surface area contributed by atoms with E-state index in [0.717, 1.165) is 30.1 Å². The molecule has 86 valence electrons. The third kappa shape index (κ3) is 1.61. The van der Waals surface area contributed by atoms with Gasteiger partial charge in [0.2, 0.25) is 0 Å². The normalized spacial score (nSPS) is 14.6. The third-order valence-electron chi connectivity index (χ3n) is 3.22. The Kier molecular flexibility index (Phi) is 3.15. The third-order valence-corrected chi connectivity index (χ3v) is 3.63. The van der Waals surface area contributed by atoms with Crippen LogP contribution in [0.1, 0.15) is 16.8 Å². The van der Waals surface area contributed by atoms with Crippen LogP contribution in [0.25, 0.3) is 10.9 Å². The van der Waals surface area contributed by atoms with Gasteiger partial charge in [0, 0.05) is 35.6 Å². The molecule has 2 N–H and O–H groups in total. The van der Waals surface area contributed by atoms with Crippen LogP contribution in [0.3, 0.4) is 0 Å². The number of halogens is 2. The summed E-state index contributed by atoms with van der Waals surface area (Å²) in [4.78, 5) is 3.50. The Balaban J connectivity index is 0.000000963. The zero-order valence-electron chi connectivity index (χ0n) is 9.06. The summed E-state index contributed by atoms with van der Waals surface area (Å²) in [7, 11) is 0. The molecule has 4 heteroatoms. The highest BCUT2D eigenvalue weighted by Gasteiger charge is 2.16. The van der Waals surface area contributed by atoms with Gasteiger partial charge in [-0.25, -0.2) is 0 Å². The fourth-order valence-electron chi connectivity index (χ4n) is 2.33. The van der Waals surface area contributed by atoms with Gasteiger partial charge in [0.15, 0.2) is 0 Å². The van der Waals surface area contributed by atoms with Gasteiger partial charge >= 0.3 is 0 Å². The van der Waals surface area contributed by atoms with Crippen LogP contribution >= 0.6 is 24.0 Å². The number of benzene rings is 1. The van der Waals surface area contributed by atoms with E-state index in [9.17, 15) is 0 Å². The summed E-state index contributed by atoms with van der Waals surface area (Å²) in [6.07, 6.45) is 1.08. The highest BCUT2D eigenvalue weighted by atomic mass is 35.5. The Hall–Kier alpha value is -0.700. The van der Waals surface area contributed by atoms with Crippen LogP contribution in [0.2, 0.25) is 5.02 Å². The number of rotatable bonds is 0. The molecule has 1 aromatic carbocycles. The van der Waals surface area contributed by atoms with E-state index >= 15 is 0 Å². The van der Waals surface area contributed by atoms with E-state index in [-0.39, 0.29) is 12.4 Å². The van der Waals surface area contributed by atoms with E-state index in [0.29, 0.717) is 0 Å². The molecular weight excluding hydrogens is 243 g/mol. The SMILES string of the molecule is Cc1c(Cl)ccc2c3c([nH]c12)CCNC3.Cl. The number of hydrogen-bond acceptors (Lipinski definition) is 1. The van der Waals surface area contributed by atoms with Crippen molar-refractivity contribution in [2.24, 2.45) is 0 Å². The Bertz CT molecular complexity index is 531. The lowest BCUT2D eigenvalue weighted by molar-refractivity contribution is 0.641. The molecule has 0 spiro atoms. The molecule has 0 aliphatic carbocycles. The first-order valence-electron chi connectivity index (χ1n) is 5.26. The monoisotopic (exact) mass is 256 g/mol. The smallest absolute Gasteiger partial charge is 0.0504 e. The predicted molar refractivity (Wildman–Crippen MR) is 70.7 cm³/mol. The molecule has 0 amide bonds. The first kappa shape index (κ1) is 11.8. The van der Waals surface area contributed by atoms with Gasteiger partial charge in [0.25, 0.3) is 0 Å². The van der Waals surface area contributed by atoms with Crippen molar-refractivity contribution in [3.8, 4) is 0 Å². The second-order valence-electron chi connectivity index (χ2n) is 4.10. The van der Waals surface area contributed by atoms with Crippen LogP contribution < -0.4 is 5.32 Å². The molecular formula is C12H14Cl2N2. The molecule has 16 heavy (non-hydrogen) atoms.